The summed E-state index contributed by atoms with van der Waals surface area (Å²) in [6, 6.07) is 8.50. The third-order valence-electron chi connectivity index (χ3n) is 8.10. The van der Waals surface area contributed by atoms with E-state index in [1.807, 2.05) is 31.3 Å². The first kappa shape index (κ1) is 30.7. The Balaban J connectivity index is 0.000000301. The van der Waals surface area contributed by atoms with Crippen LogP contribution in [-0.2, 0) is 11.3 Å². The highest BCUT2D eigenvalue weighted by Crippen LogP contribution is 2.31. The number of morpholine rings is 1. The number of halogens is 1. The van der Waals surface area contributed by atoms with E-state index in [2.05, 4.69) is 63.6 Å². The maximum Gasteiger partial charge on any atom is 0.228 e. The third-order valence-corrected chi connectivity index (χ3v) is 8.35. The second-order valence-corrected chi connectivity index (χ2v) is 11.8. The highest BCUT2D eigenvalue weighted by atomic mass is 35.5. The SMILES string of the molecule is CN(Cc1ccc(Cl)cc1)c1ncnc2c(N3CCOCC3)nc(N3CCC(N(C)C)CC3)nc12.c1ncc2ncncc2n1. The highest BCUT2D eigenvalue weighted by Gasteiger charge is 2.26. The fourth-order valence-corrected chi connectivity index (χ4v) is 5.70. The van der Waals surface area contributed by atoms with Gasteiger partial charge in [0.25, 0.3) is 0 Å². The fraction of sp³-hybridized carbons (Fsp3) is 0.419. The minimum Gasteiger partial charge on any atom is -0.378 e. The molecule has 6 heterocycles. The molecule has 0 unspecified atom stereocenters. The summed E-state index contributed by atoms with van der Waals surface area (Å²) in [5.74, 6) is 2.42. The van der Waals surface area contributed by atoms with Gasteiger partial charge in [0.05, 0.1) is 25.6 Å². The predicted molar refractivity (Wildman–Crippen MR) is 176 cm³/mol. The average molecular weight is 629 g/mol. The van der Waals surface area contributed by atoms with Gasteiger partial charge in [0.2, 0.25) is 5.95 Å². The van der Waals surface area contributed by atoms with Crippen LogP contribution < -0.4 is 14.7 Å². The lowest BCUT2D eigenvalue weighted by Crippen LogP contribution is -2.43. The van der Waals surface area contributed by atoms with E-state index in [-0.39, 0.29) is 0 Å². The number of hydrogen-bond acceptors (Lipinski definition) is 13. The second-order valence-electron chi connectivity index (χ2n) is 11.3. The van der Waals surface area contributed by atoms with Gasteiger partial charge in [-0.15, -0.1) is 0 Å². The molecule has 7 rings (SSSR count). The first-order valence-corrected chi connectivity index (χ1v) is 15.4. The quantitative estimate of drug-likeness (QED) is 0.273. The number of rotatable bonds is 6. The molecule has 2 aliphatic rings. The number of anilines is 3. The van der Waals surface area contributed by atoms with Gasteiger partial charge in [-0.2, -0.15) is 4.98 Å². The molecule has 234 valence electrons. The largest absolute Gasteiger partial charge is 0.378 e. The van der Waals surface area contributed by atoms with Crippen molar-refractivity contribution in [2.45, 2.75) is 25.4 Å². The molecule has 1 aromatic carbocycles. The molecule has 0 saturated carbocycles. The zero-order valence-electron chi connectivity index (χ0n) is 25.8. The molecule has 2 saturated heterocycles. The minimum atomic E-state index is 0.592. The zero-order chi connectivity index (χ0) is 31.2. The molecule has 0 amide bonds. The van der Waals surface area contributed by atoms with E-state index >= 15 is 0 Å². The molecule has 0 spiro atoms. The van der Waals surface area contributed by atoms with Crippen LogP contribution in [0.4, 0.5) is 17.6 Å². The van der Waals surface area contributed by atoms with Crippen molar-refractivity contribution in [3.05, 3.63) is 66.2 Å². The Hall–Kier alpha value is -4.33. The van der Waals surface area contributed by atoms with E-state index in [4.69, 9.17) is 26.3 Å². The average Bonchev–Trinajstić information content (AvgIpc) is 3.09. The molecule has 14 heteroatoms. The van der Waals surface area contributed by atoms with Gasteiger partial charge < -0.3 is 24.3 Å². The van der Waals surface area contributed by atoms with E-state index < -0.39 is 0 Å². The number of benzene rings is 1. The van der Waals surface area contributed by atoms with E-state index in [1.54, 1.807) is 18.7 Å². The van der Waals surface area contributed by atoms with Crippen LogP contribution in [0.5, 0.6) is 0 Å². The lowest BCUT2D eigenvalue weighted by Gasteiger charge is -2.36. The first-order chi connectivity index (χ1) is 22.0. The number of ether oxygens (including phenoxy) is 1. The summed E-state index contributed by atoms with van der Waals surface area (Å²) >= 11 is 6.08. The lowest BCUT2D eigenvalue weighted by molar-refractivity contribution is 0.122. The van der Waals surface area contributed by atoms with Gasteiger partial charge in [0.15, 0.2) is 11.6 Å². The summed E-state index contributed by atoms with van der Waals surface area (Å²) in [5.41, 5.74) is 4.27. The number of piperidine rings is 1. The van der Waals surface area contributed by atoms with E-state index in [0.29, 0.717) is 25.8 Å². The van der Waals surface area contributed by atoms with Gasteiger partial charge >= 0.3 is 0 Å². The van der Waals surface area contributed by atoms with Crippen molar-refractivity contribution < 1.29 is 4.74 Å². The van der Waals surface area contributed by atoms with E-state index in [0.717, 1.165) is 89.3 Å². The Morgan fingerprint density at radius 2 is 1.44 bits per heavy atom. The van der Waals surface area contributed by atoms with Crippen LogP contribution in [0.15, 0.2) is 55.6 Å². The van der Waals surface area contributed by atoms with Crippen molar-refractivity contribution in [1.29, 1.82) is 0 Å². The summed E-state index contributed by atoms with van der Waals surface area (Å²) < 4.78 is 5.60. The summed E-state index contributed by atoms with van der Waals surface area (Å²) in [6.07, 6.45) is 10.1. The van der Waals surface area contributed by atoms with Crippen LogP contribution in [0, 0.1) is 0 Å². The number of fused-ring (bicyclic) bond motifs is 2. The molecular formula is C31H37ClN12O. The number of hydrogen-bond donors (Lipinski definition) is 0. The van der Waals surface area contributed by atoms with Crippen LogP contribution in [0.2, 0.25) is 5.02 Å². The molecule has 0 aliphatic carbocycles. The Kier molecular flexibility index (Phi) is 9.67. The molecule has 0 N–H and O–H groups in total. The normalized spacial score (nSPS) is 15.8. The van der Waals surface area contributed by atoms with Gasteiger partial charge in [-0.05, 0) is 44.6 Å². The Bertz CT molecular complexity index is 1640. The standard InChI is InChI=1S/C25H33ClN8O.C6H4N4/c1-31(2)20-8-10-34(11-9-20)25-29-22-21(24(30-25)33-12-14-35-15-13-33)27-17-28-23(22)32(3)16-18-4-6-19(26)7-5-18;1-5-6(10-3-7-1)2-8-4-9-5/h4-7,17,20H,8-16H2,1-3H3;1-4H. The summed E-state index contributed by atoms with van der Waals surface area (Å²) in [6.45, 7) is 5.49. The molecule has 2 fully saturated rings. The number of nitrogens with zero attached hydrogens (tertiary/aromatic N) is 12. The topological polar surface area (TPSA) is 125 Å². The van der Waals surface area contributed by atoms with Crippen molar-refractivity contribution in [3.63, 3.8) is 0 Å². The Morgan fingerprint density at radius 3 is 2.09 bits per heavy atom. The minimum absolute atomic E-state index is 0.592. The second kappa shape index (κ2) is 14.2. The van der Waals surface area contributed by atoms with E-state index in [9.17, 15) is 0 Å². The van der Waals surface area contributed by atoms with Crippen LogP contribution in [0.1, 0.15) is 18.4 Å². The molecule has 4 aromatic heterocycles. The molecular weight excluding hydrogens is 592 g/mol. The van der Waals surface area contributed by atoms with Crippen molar-refractivity contribution in [1.82, 2.24) is 44.8 Å². The van der Waals surface area contributed by atoms with Crippen molar-refractivity contribution in [2.24, 2.45) is 0 Å². The van der Waals surface area contributed by atoms with Gasteiger partial charge in [0, 0.05) is 50.8 Å². The van der Waals surface area contributed by atoms with Crippen molar-refractivity contribution in [2.75, 3.05) is 75.2 Å². The summed E-state index contributed by atoms with van der Waals surface area (Å²) in [4.78, 5) is 43.9. The van der Waals surface area contributed by atoms with Crippen molar-refractivity contribution >= 4 is 51.3 Å². The number of aromatic nitrogens is 8. The Morgan fingerprint density at radius 1 is 0.778 bits per heavy atom. The summed E-state index contributed by atoms with van der Waals surface area (Å²) in [7, 11) is 6.35. The van der Waals surface area contributed by atoms with E-state index in [1.165, 1.54) is 12.7 Å². The molecule has 0 radical (unpaired) electrons. The smallest absolute Gasteiger partial charge is 0.228 e. The molecule has 0 atom stereocenters. The monoisotopic (exact) mass is 628 g/mol. The van der Waals surface area contributed by atoms with Gasteiger partial charge in [0.1, 0.15) is 41.0 Å². The van der Waals surface area contributed by atoms with Gasteiger partial charge in [-0.1, -0.05) is 23.7 Å². The van der Waals surface area contributed by atoms with Crippen LogP contribution in [-0.4, -0.2) is 111 Å². The predicted octanol–water partition coefficient (Wildman–Crippen LogP) is 3.50. The molecule has 2 aliphatic heterocycles. The van der Waals surface area contributed by atoms with Gasteiger partial charge in [-0.25, -0.2) is 34.9 Å². The molecule has 45 heavy (non-hydrogen) atoms. The lowest BCUT2D eigenvalue weighted by atomic mass is 10.0. The zero-order valence-corrected chi connectivity index (χ0v) is 26.5. The first-order valence-electron chi connectivity index (χ1n) is 15.0. The molecule has 0 bridgehead atoms. The van der Waals surface area contributed by atoms with Crippen LogP contribution in [0.3, 0.4) is 0 Å². The van der Waals surface area contributed by atoms with Crippen LogP contribution in [0.25, 0.3) is 22.1 Å². The van der Waals surface area contributed by atoms with Crippen LogP contribution >= 0.6 is 11.6 Å². The maximum atomic E-state index is 6.08. The molecule has 5 aromatic rings. The molecule has 13 nitrogen and oxygen atoms in total. The Labute approximate surface area is 267 Å². The third kappa shape index (κ3) is 7.32. The van der Waals surface area contributed by atoms with Crippen molar-refractivity contribution in [3.8, 4) is 0 Å². The fourth-order valence-electron chi connectivity index (χ4n) is 5.58. The maximum absolute atomic E-state index is 6.08. The van der Waals surface area contributed by atoms with Gasteiger partial charge in [-0.3, -0.25) is 0 Å². The highest BCUT2D eigenvalue weighted by molar-refractivity contribution is 6.30. The summed E-state index contributed by atoms with van der Waals surface area (Å²) in [5, 5.41) is 0.731.